The Morgan fingerprint density at radius 1 is 1.59 bits per heavy atom. The van der Waals surface area contributed by atoms with Crippen molar-refractivity contribution < 1.29 is 9.21 Å². The summed E-state index contributed by atoms with van der Waals surface area (Å²) in [5.41, 5.74) is 6.53. The van der Waals surface area contributed by atoms with Crippen LogP contribution in [0.5, 0.6) is 0 Å². The summed E-state index contributed by atoms with van der Waals surface area (Å²) in [5.74, 6) is 0.835. The number of amides is 1. The molecule has 1 unspecified atom stereocenters. The average Bonchev–Trinajstić information content (AvgIpc) is 2.74. The van der Waals surface area contributed by atoms with E-state index < -0.39 is 0 Å². The normalized spacial score (nSPS) is 19.4. The lowest BCUT2D eigenvalue weighted by molar-refractivity contribution is 0.0648. The molecule has 5 heteroatoms. The van der Waals surface area contributed by atoms with Gasteiger partial charge >= 0.3 is 0 Å². The molecule has 0 aliphatic carbocycles. The van der Waals surface area contributed by atoms with Gasteiger partial charge in [0, 0.05) is 19.1 Å². The fraction of sp³-hybridized carbons (Fsp3) is 0.667. The predicted octanol–water partition coefficient (Wildman–Crippen LogP) is 1.18. The number of rotatable bonds is 2. The zero-order chi connectivity index (χ0) is 12.4. The summed E-state index contributed by atoms with van der Waals surface area (Å²) in [5, 5.41) is 0. The molecule has 0 aromatic carbocycles. The summed E-state index contributed by atoms with van der Waals surface area (Å²) in [6.07, 6.45) is 3.25. The van der Waals surface area contributed by atoms with Gasteiger partial charge in [-0.1, -0.05) is 0 Å². The highest BCUT2D eigenvalue weighted by Crippen LogP contribution is 2.21. The number of nitrogens with two attached hydrogens (primary N) is 1. The number of likely N-dealkylation sites (tertiary alicyclic amines) is 1. The number of nitrogens with zero attached hydrogens (tertiary/aromatic N) is 2. The van der Waals surface area contributed by atoms with Crippen molar-refractivity contribution in [3.8, 4) is 0 Å². The lowest BCUT2D eigenvalue weighted by atomic mass is 9.91. The van der Waals surface area contributed by atoms with E-state index in [0.29, 0.717) is 17.4 Å². The lowest BCUT2D eigenvalue weighted by Gasteiger charge is -2.33. The minimum absolute atomic E-state index is 0.0527. The van der Waals surface area contributed by atoms with Crippen LogP contribution in [-0.4, -0.2) is 34.9 Å². The van der Waals surface area contributed by atoms with Crippen LogP contribution in [0.15, 0.2) is 10.8 Å². The van der Waals surface area contributed by atoms with Gasteiger partial charge in [0.05, 0.1) is 5.69 Å². The average molecular weight is 237 g/mol. The molecule has 0 radical (unpaired) electrons. The van der Waals surface area contributed by atoms with Crippen LogP contribution in [0.1, 0.15) is 36.0 Å². The molecule has 1 fully saturated rings. The third-order valence-electron chi connectivity index (χ3n) is 3.51. The van der Waals surface area contributed by atoms with Crippen molar-refractivity contribution in [3.05, 3.63) is 17.8 Å². The Hall–Kier alpha value is -1.36. The molecule has 0 bridgehead atoms. The van der Waals surface area contributed by atoms with E-state index in [1.807, 2.05) is 11.8 Å². The molecule has 1 amide bonds. The number of aromatic nitrogens is 1. The van der Waals surface area contributed by atoms with Crippen molar-refractivity contribution in [2.75, 3.05) is 13.1 Å². The minimum Gasteiger partial charge on any atom is -0.438 e. The zero-order valence-corrected chi connectivity index (χ0v) is 10.3. The Morgan fingerprint density at radius 3 is 2.71 bits per heavy atom. The second kappa shape index (κ2) is 4.87. The second-order valence-corrected chi connectivity index (χ2v) is 4.76. The zero-order valence-electron chi connectivity index (χ0n) is 10.3. The number of oxazole rings is 1. The maximum absolute atomic E-state index is 12.1. The monoisotopic (exact) mass is 237 g/mol. The van der Waals surface area contributed by atoms with Gasteiger partial charge in [-0.3, -0.25) is 4.79 Å². The first kappa shape index (κ1) is 12.1. The lowest BCUT2D eigenvalue weighted by Crippen LogP contribution is -2.42. The van der Waals surface area contributed by atoms with Gasteiger partial charge in [0.15, 0.2) is 6.39 Å². The summed E-state index contributed by atoms with van der Waals surface area (Å²) in [6, 6.07) is 0.208. The Balaban J connectivity index is 1.98. The summed E-state index contributed by atoms with van der Waals surface area (Å²) in [7, 11) is 0. The molecular formula is C12H19N3O2. The van der Waals surface area contributed by atoms with Gasteiger partial charge in [-0.05, 0) is 32.6 Å². The molecule has 1 atom stereocenters. The van der Waals surface area contributed by atoms with E-state index >= 15 is 0 Å². The van der Waals surface area contributed by atoms with Crippen molar-refractivity contribution >= 4 is 5.91 Å². The SMILES string of the molecule is Cc1ncoc1C(=O)N1CCC(C(C)N)CC1. The van der Waals surface area contributed by atoms with Gasteiger partial charge in [0.2, 0.25) is 5.76 Å². The van der Waals surface area contributed by atoms with E-state index in [0.717, 1.165) is 25.9 Å². The van der Waals surface area contributed by atoms with E-state index in [9.17, 15) is 4.79 Å². The number of carbonyl (C=O) groups is 1. The quantitative estimate of drug-likeness (QED) is 0.838. The van der Waals surface area contributed by atoms with Crippen LogP contribution in [0, 0.1) is 12.8 Å². The fourth-order valence-corrected chi connectivity index (χ4v) is 2.28. The highest BCUT2D eigenvalue weighted by Gasteiger charge is 2.27. The first-order valence-corrected chi connectivity index (χ1v) is 6.04. The van der Waals surface area contributed by atoms with Crippen LogP contribution in [0.2, 0.25) is 0 Å². The Morgan fingerprint density at radius 2 is 2.24 bits per heavy atom. The van der Waals surface area contributed by atoms with Gasteiger partial charge in [-0.15, -0.1) is 0 Å². The number of hydrogen-bond acceptors (Lipinski definition) is 4. The molecule has 2 rings (SSSR count). The van der Waals surface area contributed by atoms with E-state index in [1.54, 1.807) is 6.92 Å². The fourth-order valence-electron chi connectivity index (χ4n) is 2.28. The first-order chi connectivity index (χ1) is 8.09. The van der Waals surface area contributed by atoms with Crippen LogP contribution < -0.4 is 5.73 Å². The van der Waals surface area contributed by atoms with Gasteiger partial charge in [0.25, 0.3) is 5.91 Å². The molecule has 1 aliphatic heterocycles. The van der Waals surface area contributed by atoms with Crippen LogP contribution in [0.3, 0.4) is 0 Å². The van der Waals surface area contributed by atoms with Gasteiger partial charge in [-0.2, -0.15) is 0 Å². The number of carbonyl (C=O) groups excluding carboxylic acids is 1. The molecule has 1 aromatic rings. The van der Waals surface area contributed by atoms with Crippen molar-refractivity contribution in [3.63, 3.8) is 0 Å². The standard InChI is InChI=1S/C12H19N3O2/c1-8(13)10-3-5-15(6-4-10)12(16)11-9(2)14-7-17-11/h7-8,10H,3-6,13H2,1-2H3. The van der Waals surface area contributed by atoms with E-state index in [2.05, 4.69) is 4.98 Å². The van der Waals surface area contributed by atoms with E-state index in [-0.39, 0.29) is 11.9 Å². The predicted molar refractivity (Wildman–Crippen MR) is 63.5 cm³/mol. The second-order valence-electron chi connectivity index (χ2n) is 4.76. The molecule has 1 aromatic heterocycles. The van der Waals surface area contributed by atoms with Crippen molar-refractivity contribution in [2.45, 2.75) is 32.7 Å². The third kappa shape index (κ3) is 2.49. The molecule has 1 saturated heterocycles. The minimum atomic E-state index is -0.0527. The molecule has 94 valence electrons. The molecule has 2 heterocycles. The van der Waals surface area contributed by atoms with Crippen molar-refractivity contribution in [2.24, 2.45) is 11.7 Å². The Kier molecular flexibility index (Phi) is 3.47. The highest BCUT2D eigenvalue weighted by molar-refractivity contribution is 5.92. The van der Waals surface area contributed by atoms with Crippen LogP contribution in [0.25, 0.3) is 0 Å². The summed E-state index contributed by atoms with van der Waals surface area (Å²) >= 11 is 0. The summed E-state index contributed by atoms with van der Waals surface area (Å²) < 4.78 is 5.13. The van der Waals surface area contributed by atoms with Crippen LogP contribution in [0.4, 0.5) is 0 Å². The van der Waals surface area contributed by atoms with E-state index in [1.165, 1.54) is 6.39 Å². The number of aryl methyl sites for hydroxylation is 1. The maximum Gasteiger partial charge on any atom is 0.291 e. The topological polar surface area (TPSA) is 72.4 Å². The van der Waals surface area contributed by atoms with Crippen LogP contribution >= 0.6 is 0 Å². The molecular weight excluding hydrogens is 218 g/mol. The van der Waals surface area contributed by atoms with Crippen molar-refractivity contribution in [1.29, 1.82) is 0 Å². The third-order valence-corrected chi connectivity index (χ3v) is 3.51. The van der Waals surface area contributed by atoms with Gasteiger partial charge in [-0.25, -0.2) is 4.98 Å². The molecule has 0 saturated carbocycles. The van der Waals surface area contributed by atoms with Crippen molar-refractivity contribution in [1.82, 2.24) is 9.88 Å². The first-order valence-electron chi connectivity index (χ1n) is 6.04. The number of hydrogen-bond donors (Lipinski definition) is 1. The molecule has 1 aliphatic rings. The molecule has 0 spiro atoms. The highest BCUT2D eigenvalue weighted by atomic mass is 16.3. The van der Waals surface area contributed by atoms with E-state index in [4.69, 9.17) is 10.2 Å². The summed E-state index contributed by atoms with van der Waals surface area (Å²) in [6.45, 7) is 5.32. The smallest absolute Gasteiger partial charge is 0.291 e. The van der Waals surface area contributed by atoms with Gasteiger partial charge in [0.1, 0.15) is 0 Å². The molecule has 5 nitrogen and oxygen atoms in total. The Labute approximate surface area is 101 Å². The largest absolute Gasteiger partial charge is 0.438 e. The summed E-state index contributed by atoms with van der Waals surface area (Å²) in [4.78, 5) is 17.9. The molecule has 17 heavy (non-hydrogen) atoms. The van der Waals surface area contributed by atoms with Crippen LogP contribution in [-0.2, 0) is 0 Å². The van der Waals surface area contributed by atoms with Gasteiger partial charge < -0.3 is 15.1 Å². The Bertz CT molecular complexity index is 392. The maximum atomic E-state index is 12.1. The number of piperidine rings is 1. The molecule has 2 N–H and O–H groups in total.